The Morgan fingerprint density at radius 1 is 0.951 bits per heavy atom. The van der Waals surface area contributed by atoms with Crippen LogP contribution in [0.2, 0.25) is 0 Å². The first-order valence-electron chi connectivity index (χ1n) is 12.6. The Morgan fingerprint density at radius 2 is 1.54 bits per heavy atom. The van der Waals surface area contributed by atoms with Gasteiger partial charge >= 0.3 is 5.97 Å². The summed E-state index contributed by atoms with van der Waals surface area (Å²) in [6, 6.07) is 20.6. The summed E-state index contributed by atoms with van der Waals surface area (Å²) in [7, 11) is 6.70. The van der Waals surface area contributed by atoms with Crippen LogP contribution >= 0.6 is 0 Å². The number of esters is 1. The molecule has 1 heterocycles. The van der Waals surface area contributed by atoms with Gasteiger partial charge in [-0.1, -0.05) is 36.4 Å². The van der Waals surface area contributed by atoms with Crippen LogP contribution in [0, 0.1) is 10.8 Å². The van der Waals surface area contributed by atoms with Crippen molar-refractivity contribution in [1.29, 1.82) is 10.8 Å². The van der Waals surface area contributed by atoms with E-state index in [1.54, 1.807) is 20.3 Å². The molecule has 3 aromatic rings. The van der Waals surface area contributed by atoms with Gasteiger partial charge in [-0.2, -0.15) is 0 Å². The second-order valence-electron chi connectivity index (χ2n) is 9.30. The summed E-state index contributed by atoms with van der Waals surface area (Å²) in [5.74, 6) is 0.508. The van der Waals surface area contributed by atoms with Crippen LogP contribution in [-0.2, 0) is 33.4 Å². The molecule has 0 aromatic heterocycles. The number of aliphatic hydroxyl groups is 1. The van der Waals surface area contributed by atoms with Gasteiger partial charge in [-0.15, -0.1) is 0 Å². The summed E-state index contributed by atoms with van der Waals surface area (Å²) in [5.41, 5.74) is 5.31. The monoisotopic (exact) mass is 600 g/mol. The number of anilines is 1. The number of nitrogens with zero attached hydrogens (tertiary/aromatic N) is 1. The van der Waals surface area contributed by atoms with E-state index in [-0.39, 0.29) is 22.2 Å². The number of nitrogens with one attached hydrogen (secondary N) is 2. The maximum atomic E-state index is 11.0. The number of ether oxygens (including phenoxy) is 3. The molecule has 1 atom stereocenters. The Bertz CT molecular complexity index is 1420. The molecule has 0 bridgehead atoms. The van der Waals surface area contributed by atoms with Crippen molar-refractivity contribution >= 4 is 23.8 Å². The van der Waals surface area contributed by atoms with E-state index in [0.29, 0.717) is 11.1 Å². The summed E-state index contributed by atoms with van der Waals surface area (Å²) in [4.78, 5) is 13.2. The van der Waals surface area contributed by atoms with Crippen molar-refractivity contribution in [2.75, 3.05) is 33.3 Å². The average molecular weight is 601 g/mol. The van der Waals surface area contributed by atoms with Crippen molar-refractivity contribution in [2.45, 2.75) is 18.8 Å². The second-order valence-corrected chi connectivity index (χ2v) is 9.30. The minimum atomic E-state index is -0.517. The zero-order chi connectivity index (χ0) is 29.3. The van der Waals surface area contributed by atoms with Crippen LogP contribution in [0.4, 0.5) is 5.69 Å². The SMILES string of the molecule is COC(=O)c1ccc(C(=N)O)cc1.COc1cc2c(cc1OC)C(C)(Cc1ccccc1)/C(=C/C=C/C=N)N2C.[Co]. The minimum absolute atomic E-state index is 0. The van der Waals surface area contributed by atoms with Crippen molar-refractivity contribution < 1.29 is 40.9 Å². The molecule has 1 radical (unpaired) electrons. The molecule has 217 valence electrons. The number of hydrogen-bond donors (Lipinski definition) is 3. The number of rotatable bonds is 8. The van der Waals surface area contributed by atoms with Crippen LogP contribution in [0.15, 0.2) is 90.7 Å². The predicted octanol–water partition coefficient (Wildman–Crippen LogP) is 6.10. The maximum Gasteiger partial charge on any atom is 0.337 e. The van der Waals surface area contributed by atoms with E-state index in [4.69, 9.17) is 25.4 Å². The van der Waals surface area contributed by atoms with Gasteiger partial charge in [0.15, 0.2) is 11.5 Å². The van der Waals surface area contributed by atoms with Gasteiger partial charge < -0.3 is 29.6 Å². The molecule has 1 aliphatic rings. The van der Waals surface area contributed by atoms with Crippen LogP contribution in [0.5, 0.6) is 11.5 Å². The van der Waals surface area contributed by atoms with Gasteiger partial charge in [0.05, 0.1) is 26.9 Å². The number of carbonyl (C=O) groups is 1. The fraction of sp³-hybridized carbons (Fsp3) is 0.219. The number of likely N-dealkylation sites (N-methyl/N-ethyl adjacent to an activating group) is 1. The maximum absolute atomic E-state index is 11.0. The van der Waals surface area contributed by atoms with Crippen molar-refractivity contribution in [3.63, 3.8) is 0 Å². The summed E-state index contributed by atoms with van der Waals surface area (Å²) in [6.07, 6.45) is 7.90. The molecule has 9 heteroatoms. The Labute approximate surface area is 251 Å². The first kappa shape index (κ1) is 32.9. The fourth-order valence-corrected chi connectivity index (χ4v) is 4.80. The molecule has 0 saturated carbocycles. The van der Waals surface area contributed by atoms with Crippen LogP contribution in [0.1, 0.15) is 34.0 Å². The van der Waals surface area contributed by atoms with Gasteiger partial charge in [-0.3, -0.25) is 5.41 Å². The van der Waals surface area contributed by atoms with E-state index < -0.39 is 11.9 Å². The van der Waals surface area contributed by atoms with Gasteiger partial charge in [0.25, 0.3) is 0 Å². The number of hydrogen-bond acceptors (Lipinski definition) is 7. The number of fused-ring (bicyclic) bond motifs is 1. The summed E-state index contributed by atoms with van der Waals surface area (Å²) < 4.78 is 15.6. The van der Waals surface area contributed by atoms with Crippen molar-refractivity contribution in [3.05, 3.63) is 113 Å². The summed E-state index contributed by atoms with van der Waals surface area (Å²) in [5, 5.41) is 22.9. The second kappa shape index (κ2) is 14.9. The number of allylic oxidation sites excluding steroid dienone is 4. The molecule has 0 saturated heterocycles. The third-order valence-corrected chi connectivity index (χ3v) is 6.83. The molecule has 3 aromatic carbocycles. The smallest absolute Gasteiger partial charge is 0.337 e. The summed E-state index contributed by atoms with van der Waals surface area (Å²) >= 11 is 0. The first-order valence-corrected chi connectivity index (χ1v) is 12.6. The van der Waals surface area contributed by atoms with Crippen LogP contribution in [0.3, 0.4) is 0 Å². The van der Waals surface area contributed by atoms with E-state index in [2.05, 4.69) is 60.0 Å². The Kier molecular flexibility index (Phi) is 11.9. The third kappa shape index (κ3) is 7.44. The van der Waals surface area contributed by atoms with Crippen molar-refractivity contribution in [1.82, 2.24) is 0 Å². The standard InChI is InChI=1S/C23H26N2O2.C9H9NO3.Co/c1-23(16-17-10-6-5-7-11-17)18-14-20(26-3)21(27-4)15-19(18)25(2)22(23)12-8-9-13-24;1-13-9(12)7-4-2-6(3-5-7)8(10)11;/h5-15,24H,16H2,1-4H3;2-5H,1H3,(H2,10,11);/b9-8+,22-12-,24-13?;;. The van der Waals surface area contributed by atoms with E-state index >= 15 is 0 Å². The van der Waals surface area contributed by atoms with Crippen LogP contribution in [0.25, 0.3) is 0 Å². The number of benzene rings is 3. The Morgan fingerprint density at radius 3 is 2.07 bits per heavy atom. The molecule has 0 aliphatic carbocycles. The molecule has 8 nitrogen and oxygen atoms in total. The number of aliphatic hydroxyl groups excluding tert-OH is 1. The zero-order valence-electron chi connectivity index (χ0n) is 23.7. The first-order chi connectivity index (χ1) is 19.2. The zero-order valence-corrected chi connectivity index (χ0v) is 24.8. The molecule has 41 heavy (non-hydrogen) atoms. The molecule has 0 spiro atoms. The van der Waals surface area contributed by atoms with E-state index in [1.165, 1.54) is 54.4 Å². The van der Waals surface area contributed by atoms with Gasteiger partial charge in [0.1, 0.15) is 0 Å². The largest absolute Gasteiger partial charge is 0.493 e. The number of methoxy groups -OCH3 is 3. The molecule has 0 fully saturated rings. The normalized spacial score (nSPS) is 16.2. The third-order valence-electron chi connectivity index (χ3n) is 6.83. The van der Waals surface area contributed by atoms with Gasteiger partial charge in [0.2, 0.25) is 5.90 Å². The quantitative estimate of drug-likeness (QED) is 0.164. The Balaban J connectivity index is 0.000000355. The summed E-state index contributed by atoms with van der Waals surface area (Å²) in [6.45, 7) is 2.26. The molecule has 4 rings (SSSR count). The molecular weight excluding hydrogens is 565 g/mol. The van der Waals surface area contributed by atoms with E-state index in [0.717, 1.165) is 23.6 Å². The predicted molar refractivity (Wildman–Crippen MR) is 159 cm³/mol. The minimum Gasteiger partial charge on any atom is -0.493 e. The van der Waals surface area contributed by atoms with Crippen molar-refractivity contribution in [2.24, 2.45) is 0 Å². The average Bonchev–Trinajstić information content (AvgIpc) is 3.17. The van der Waals surface area contributed by atoms with Crippen molar-refractivity contribution in [3.8, 4) is 11.5 Å². The van der Waals surface area contributed by atoms with Gasteiger partial charge in [-0.05, 0) is 67.0 Å². The Hall–Kier alpha value is -4.34. The van der Waals surface area contributed by atoms with Crippen LogP contribution in [-0.4, -0.2) is 51.6 Å². The molecule has 3 N–H and O–H groups in total. The van der Waals surface area contributed by atoms with Gasteiger partial charge in [-0.25, -0.2) is 4.79 Å². The number of carbonyl (C=O) groups excluding carboxylic acids is 1. The molecular formula is C32H35CoN3O5. The molecule has 1 aliphatic heterocycles. The van der Waals surface area contributed by atoms with E-state index in [1.807, 2.05) is 18.2 Å². The molecule has 0 amide bonds. The van der Waals surface area contributed by atoms with Gasteiger partial charge in [0, 0.05) is 58.5 Å². The topological polar surface area (TPSA) is 116 Å². The fourth-order valence-electron chi connectivity index (χ4n) is 4.80. The van der Waals surface area contributed by atoms with E-state index in [9.17, 15) is 4.79 Å². The van der Waals surface area contributed by atoms with Crippen LogP contribution < -0.4 is 14.4 Å². The molecule has 1 unspecified atom stereocenters.